The Morgan fingerprint density at radius 3 is 2.71 bits per heavy atom. The highest BCUT2D eigenvalue weighted by molar-refractivity contribution is 6.18. The Balaban J connectivity index is 2.30. The van der Waals surface area contributed by atoms with E-state index in [2.05, 4.69) is 0 Å². The number of carbonyl (C=O) groups excluding carboxylic acids is 2. The Kier molecular flexibility index (Phi) is 3.01. The molecule has 0 spiro atoms. The molecule has 2 aliphatic rings. The van der Waals surface area contributed by atoms with Crippen molar-refractivity contribution in [3.05, 3.63) is 35.5 Å². The zero-order chi connectivity index (χ0) is 12.6. The third-order valence-corrected chi connectivity index (χ3v) is 3.00. The maximum Gasteiger partial charge on any atom is 0.342 e. The second-order valence-corrected chi connectivity index (χ2v) is 4.82. The maximum atomic E-state index is 11.8. The second kappa shape index (κ2) is 4.32. The van der Waals surface area contributed by atoms with Crippen molar-refractivity contribution < 1.29 is 14.3 Å². The van der Waals surface area contributed by atoms with Crippen LogP contribution in [-0.4, -0.2) is 17.9 Å². The first-order valence-electron chi connectivity index (χ1n) is 5.82. The summed E-state index contributed by atoms with van der Waals surface area (Å²) in [6, 6.07) is 0. The summed E-state index contributed by atoms with van der Waals surface area (Å²) < 4.78 is 5.29. The van der Waals surface area contributed by atoms with Crippen LogP contribution in [0.4, 0.5) is 0 Å². The monoisotopic (exact) mass is 232 g/mol. The average Bonchev–Trinajstić information content (AvgIpc) is 2.27. The van der Waals surface area contributed by atoms with E-state index in [1.54, 1.807) is 19.9 Å². The van der Waals surface area contributed by atoms with Crippen LogP contribution in [0.5, 0.6) is 0 Å². The molecule has 0 fully saturated rings. The predicted octanol–water partition coefficient (Wildman–Crippen LogP) is 2.20. The SMILES string of the molecule is CC1=CC2OC(=O)C(C(=O)C(C)C)=CC2C=C1. The van der Waals surface area contributed by atoms with Gasteiger partial charge in [-0.1, -0.05) is 37.6 Å². The highest BCUT2D eigenvalue weighted by Gasteiger charge is 2.33. The number of carbonyl (C=O) groups is 2. The van der Waals surface area contributed by atoms with E-state index in [-0.39, 0.29) is 29.3 Å². The van der Waals surface area contributed by atoms with Crippen molar-refractivity contribution in [3.8, 4) is 0 Å². The van der Waals surface area contributed by atoms with Gasteiger partial charge >= 0.3 is 5.97 Å². The van der Waals surface area contributed by atoms with E-state index in [1.807, 2.05) is 25.2 Å². The lowest BCUT2D eigenvalue weighted by atomic mass is 9.88. The largest absolute Gasteiger partial charge is 0.453 e. The Morgan fingerprint density at radius 2 is 2.06 bits per heavy atom. The molecular weight excluding hydrogens is 216 g/mol. The standard InChI is InChI=1S/C14H16O3/c1-8(2)13(15)11-7-10-5-4-9(3)6-12(10)17-14(11)16/h4-8,10,12H,1-3H3. The van der Waals surface area contributed by atoms with Crippen LogP contribution in [0.15, 0.2) is 35.5 Å². The first-order chi connectivity index (χ1) is 7.99. The number of rotatable bonds is 2. The molecular formula is C14H16O3. The molecule has 0 aromatic carbocycles. The first-order valence-corrected chi connectivity index (χ1v) is 5.82. The fourth-order valence-electron chi connectivity index (χ4n) is 2.00. The molecule has 2 unspecified atom stereocenters. The van der Waals surface area contributed by atoms with Gasteiger partial charge in [-0.2, -0.15) is 0 Å². The third kappa shape index (κ3) is 2.23. The number of esters is 1. The molecule has 1 aliphatic heterocycles. The molecule has 17 heavy (non-hydrogen) atoms. The summed E-state index contributed by atoms with van der Waals surface area (Å²) in [5, 5.41) is 0. The number of hydrogen-bond acceptors (Lipinski definition) is 3. The molecule has 2 rings (SSSR count). The minimum absolute atomic E-state index is 0.00546. The van der Waals surface area contributed by atoms with Crippen molar-refractivity contribution >= 4 is 11.8 Å². The number of ether oxygens (including phenoxy) is 1. The molecule has 0 bridgehead atoms. The van der Waals surface area contributed by atoms with Crippen LogP contribution < -0.4 is 0 Å². The van der Waals surface area contributed by atoms with Gasteiger partial charge in [0.2, 0.25) is 0 Å². The summed E-state index contributed by atoms with van der Waals surface area (Å²) >= 11 is 0. The molecule has 1 heterocycles. The smallest absolute Gasteiger partial charge is 0.342 e. The van der Waals surface area contributed by atoms with E-state index >= 15 is 0 Å². The topological polar surface area (TPSA) is 43.4 Å². The first kappa shape index (κ1) is 11.8. The molecule has 2 atom stereocenters. The molecule has 0 amide bonds. The highest BCUT2D eigenvalue weighted by Crippen LogP contribution is 2.28. The molecule has 0 saturated carbocycles. The van der Waals surface area contributed by atoms with Gasteiger partial charge in [0.15, 0.2) is 5.78 Å². The van der Waals surface area contributed by atoms with Crippen molar-refractivity contribution in [2.75, 3.05) is 0 Å². The highest BCUT2D eigenvalue weighted by atomic mass is 16.5. The van der Waals surface area contributed by atoms with Crippen molar-refractivity contribution in [3.63, 3.8) is 0 Å². The van der Waals surface area contributed by atoms with Gasteiger partial charge in [-0.3, -0.25) is 4.79 Å². The predicted molar refractivity (Wildman–Crippen MR) is 64.2 cm³/mol. The zero-order valence-corrected chi connectivity index (χ0v) is 10.3. The Bertz CT molecular complexity index is 452. The number of ketones is 1. The lowest BCUT2D eigenvalue weighted by Crippen LogP contribution is -2.34. The molecule has 3 heteroatoms. The van der Waals surface area contributed by atoms with Gasteiger partial charge in [-0.25, -0.2) is 4.79 Å². The lowest BCUT2D eigenvalue weighted by molar-refractivity contribution is -0.146. The molecule has 0 radical (unpaired) electrons. The Labute approximate surface area is 101 Å². The Morgan fingerprint density at radius 1 is 1.35 bits per heavy atom. The van der Waals surface area contributed by atoms with E-state index in [9.17, 15) is 9.59 Å². The van der Waals surface area contributed by atoms with E-state index in [4.69, 9.17) is 4.74 Å². The van der Waals surface area contributed by atoms with Crippen LogP contribution in [0.2, 0.25) is 0 Å². The van der Waals surface area contributed by atoms with Gasteiger partial charge in [0.05, 0.1) is 5.57 Å². The quantitative estimate of drug-likeness (QED) is 0.541. The molecule has 90 valence electrons. The maximum absolute atomic E-state index is 11.8. The van der Waals surface area contributed by atoms with Gasteiger partial charge in [0.25, 0.3) is 0 Å². The van der Waals surface area contributed by atoms with Crippen LogP contribution in [0, 0.1) is 11.8 Å². The summed E-state index contributed by atoms with van der Waals surface area (Å²) in [5.74, 6) is -0.832. The van der Waals surface area contributed by atoms with E-state index in [0.29, 0.717) is 0 Å². The van der Waals surface area contributed by atoms with Crippen LogP contribution in [0.3, 0.4) is 0 Å². The minimum Gasteiger partial charge on any atom is -0.453 e. The summed E-state index contributed by atoms with van der Waals surface area (Å²) in [4.78, 5) is 23.6. The number of fused-ring (bicyclic) bond motifs is 1. The van der Waals surface area contributed by atoms with Crippen LogP contribution in [0.25, 0.3) is 0 Å². The van der Waals surface area contributed by atoms with Gasteiger partial charge in [-0.05, 0) is 13.0 Å². The van der Waals surface area contributed by atoms with Crippen molar-refractivity contribution in [1.29, 1.82) is 0 Å². The number of Topliss-reactive ketones (excluding diaryl/α,β-unsaturated/α-hetero) is 1. The van der Waals surface area contributed by atoms with Crippen molar-refractivity contribution in [2.45, 2.75) is 26.9 Å². The normalized spacial score (nSPS) is 27.2. The Hall–Kier alpha value is -1.64. The summed E-state index contributed by atoms with van der Waals surface area (Å²) in [7, 11) is 0. The zero-order valence-electron chi connectivity index (χ0n) is 10.3. The summed E-state index contributed by atoms with van der Waals surface area (Å²) in [5.41, 5.74) is 1.27. The number of allylic oxidation sites excluding steroid dienone is 2. The van der Waals surface area contributed by atoms with Gasteiger partial charge in [0, 0.05) is 11.8 Å². The molecule has 0 aromatic heterocycles. The van der Waals surface area contributed by atoms with Crippen LogP contribution in [0.1, 0.15) is 20.8 Å². The average molecular weight is 232 g/mol. The van der Waals surface area contributed by atoms with Crippen molar-refractivity contribution in [1.82, 2.24) is 0 Å². The third-order valence-electron chi connectivity index (χ3n) is 3.00. The number of hydrogen-bond donors (Lipinski definition) is 0. The van der Waals surface area contributed by atoms with E-state index in [0.717, 1.165) is 5.57 Å². The summed E-state index contributed by atoms with van der Waals surface area (Å²) in [6.07, 6.45) is 7.35. The van der Waals surface area contributed by atoms with Crippen molar-refractivity contribution in [2.24, 2.45) is 11.8 Å². The molecule has 1 aliphatic carbocycles. The fraction of sp³-hybridized carbons (Fsp3) is 0.429. The van der Waals surface area contributed by atoms with E-state index in [1.165, 1.54) is 0 Å². The lowest BCUT2D eigenvalue weighted by Gasteiger charge is -2.28. The van der Waals surface area contributed by atoms with Gasteiger partial charge in [0.1, 0.15) is 6.10 Å². The van der Waals surface area contributed by atoms with Crippen LogP contribution in [-0.2, 0) is 14.3 Å². The molecule has 0 saturated heterocycles. The molecule has 0 aromatic rings. The molecule has 3 nitrogen and oxygen atoms in total. The van der Waals surface area contributed by atoms with Crippen LogP contribution >= 0.6 is 0 Å². The minimum atomic E-state index is -0.496. The van der Waals surface area contributed by atoms with Gasteiger partial charge < -0.3 is 4.74 Å². The second-order valence-electron chi connectivity index (χ2n) is 4.82. The van der Waals surface area contributed by atoms with Gasteiger partial charge in [-0.15, -0.1) is 0 Å². The fourth-order valence-corrected chi connectivity index (χ4v) is 2.00. The van der Waals surface area contributed by atoms with E-state index < -0.39 is 5.97 Å². The molecule has 0 N–H and O–H groups in total. The summed E-state index contributed by atoms with van der Waals surface area (Å²) in [6.45, 7) is 5.52.